The third-order valence-corrected chi connectivity index (χ3v) is 5.28. The molecule has 146 valence electrons. The molecule has 0 aliphatic carbocycles. The molecule has 0 aliphatic rings. The summed E-state index contributed by atoms with van der Waals surface area (Å²) in [5, 5.41) is 13.6. The first-order valence-electron chi connectivity index (χ1n) is 8.18. The average molecular weight is 421 g/mol. The maximum atomic E-state index is 13.0. The van der Waals surface area contributed by atoms with Gasteiger partial charge in [0.05, 0.1) is 0 Å². The van der Waals surface area contributed by atoms with Gasteiger partial charge >= 0.3 is 0 Å². The Hall–Kier alpha value is -2.76. The van der Waals surface area contributed by atoms with Gasteiger partial charge in [0.2, 0.25) is 5.13 Å². The van der Waals surface area contributed by atoms with Crippen LogP contribution in [-0.2, 0) is 9.53 Å². The largest absolute Gasteiger partial charge is 0.372 e. The molecule has 1 N–H and O–H groups in total. The van der Waals surface area contributed by atoms with Crippen molar-refractivity contribution in [2.24, 2.45) is 0 Å². The zero-order valence-electron chi connectivity index (χ0n) is 15.0. The number of halogens is 1. The molecule has 2 aromatic heterocycles. The summed E-state index contributed by atoms with van der Waals surface area (Å²) in [5.41, 5.74) is 0.900. The van der Waals surface area contributed by atoms with Crippen molar-refractivity contribution in [3.8, 4) is 10.7 Å². The SMILES string of the molecule is CCOCC(=O)Nc1nnc(-c2csc(N(C)C(=O)c3ccc(F)cc3)n2)s1. The number of anilines is 2. The van der Waals surface area contributed by atoms with E-state index in [4.69, 9.17) is 4.74 Å². The first kappa shape index (κ1) is 20.0. The number of carbonyl (C=O) groups is 2. The van der Waals surface area contributed by atoms with Gasteiger partial charge < -0.3 is 4.74 Å². The van der Waals surface area contributed by atoms with E-state index in [0.29, 0.717) is 33.1 Å². The molecule has 2 heterocycles. The highest BCUT2D eigenvalue weighted by molar-refractivity contribution is 7.19. The summed E-state index contributed by atoms with van der Waals surface area (Å²) in [7, 11) is 1.59. The molecular formula is C17H16FN5O3S2. The van der Waals surface area contributed by atoms with Crippen LogP contribution in [0.15, 0.2) is 29.6 Å². The third kappa shape index (κ3) is 4.74. The number of ether oxygens (including phenoxy) is 1. The van der Waals surface area contributed by atoms with E-state index in [1.807, 2.05) is 0 Å². The summed E-state index contributed by atoms with van der Waals surface area (Å²) in [5.74, 6) is -1.02. The molecule has 0 fully saturated rings. The Labute approximate surface area is 168 Å². The molecular weight excluding hydrogens is 405 g/mol. The number of aromatic nitrogens is 3. The van der Waals surface area contributed by atoms with Gasteiger partial charge in [-0.1, -0.05) is 11.3 Å². The van der Waals surface area contributed by atoms with Gasteiger partial charge in [-0.05, 0) is 31.2 Å². The van der Waals surface area contributed by atoms with Crippen LogP contribution < -0.4 is 10.2 Å². The Morgan fingerprint density at radius 1 is 1.25 bits per heavy atom. The van der Waals surface area contributed by atoms with Crippen molar-refractivity contribution in [2.75, 3.05) is 30.5 Å². The Bertz CT molecular complexity index is 973. The normalized spacial score (nSPS) is 10.7. The van der Waals surface area contributed by atoms with E-state index in [9.17, 15) is 14.0 Å². The summed E-state index contributed by atoms with van der Waals surface area (Å²) in [4.78, 5) is 30.0. The standard InChI is InChI=1S/C17H16FN5O3S2/c1-3-26-8-13(24)20-16-22-21-14(28-16)12-9-27-17(19-12)23(2)15(25)10-4-6-11(18)7-5-10/h4-7,9H,3,8H2,1-2H3,(H,20,22,24). The highest BCUT2D eigenvalue weighted by Crippen LogP contribution is 2.31. The minimum absolute atomic E-state index is 0.0530. The lowest BCUT2D eigenvalue weighted by molar-refractivity contribution is -0.120. The van der Waals surface area contributed by atoms with Crippen molar-refractivity contribution in [3.63, 3.8) is 0 Å². The summed E-state index contributed by atoms with van der Waals surface area (Å²) in [6.45, 7) is 2.19. The number of hydrogen-bond donors (Lipinski definition) is 1. The molecule has 8 nitrogen and oxygen atoms in total. The van der Waals surface area contributed by atoms with Crippen LogP contribution in [0.25, 0.3) is 10.7 Å². The third-order valence-electron chi connectivity index (χ3n) is 3.50. The molecule has 3 rings (SSSR count). The molecule has 28 heavy (non-hydrogen) atoms. The molecule has 0 aliphatic heterocycles. The Kier molecular flexibility index (Phi) is 6.39. The summed E-state index contributed by atoms with van der Waals surface area (Å²) < 4.78 is 18.1. The minimum atomic E-state index is -0.406. The number of hydrogen-bond acceptors (Lipinski definition) is 8. The van der Waals surface area contributed by atoms with Crippen LogP contribution in [0.4, 0.5) is 14.7 Å². The lowest BCUT2D eigenvalue weighted by atomic mass is 10.2. The van der Waals surface area contributed by atoms with Crippen LogP contribution in [0, 0.1) is 5.82 Å². The van der Waals surface area contributed by atoms with Crippen molar-refractivity contribution in [1.29, 1.82) is 0 Å². The molecule has 0 bridgehead atoms. The molecule has 11 heteroatoms. The van der Waals surface area contributed by atoms with Crippen LogP contribution in [-0.4, -0.2) is 47.3 Å². The lowest BCUT2D eigenvalue weighted by Gasteiger charge is -2.13. The zero-order chi connectivity index (χ0) is 20.1. The fourth-order valence-electron chi connectivity index (χ4n) is 2.12. The average Bonchev–Trinajstić information content (AvgIpc) is 3.35. The minimum Gasteiger partial charge on any atom is -0.372 e. The number of benzene rings is 1. The van der Waals surface area contributed by atoms with Gasteiger partial charge in [0, 0.05) is 24.6 Å². The number of nitrogens with zero attached hydrogens (tertiary/aromatic N) is 4. The monoisotopic (exact) mass is 421 g/mol. The van der Waals surface area contributed by atoms with Gasteiger partial charge in [0.15, 0.2) is 10.1 Å². The van der Waals surface area contributed by atoms with Crippen molar-refractivity contribution < 1.29 is 18.7 Å². The van der Waals surface area contributed by atoms with E-state index in [1.165, 1.54) is 51.8 Å². The smallest absolute Gasteiger partial charge is 0.259 e. The van der Waals surface area contributed by atoms with E-state index in [2.05, 4.69) is 20.5 Å². The molecule has 3 aromatic rings. The second kappa shape index (κ2) is 8.95. The lowest BCUT2D eigenvalue weighted by Crippen LogP contribution is -2.26. The fraction of sp³-hybridized carbons (Fsp3) is 0.235. The van der Waals surface area contributed by atoms with Gasteiger partial charge in [-0.25, -0.2) is 9.37 Å². The van der Waals surface area contributed by atoms with Crippen LogP contribution in [0.2, 0.25) is 0 Å². The summed E-state index contributed by atoms with van der Waals surface area (Å²) in [6.07, 6.45) is 0. The maximum Gasteiger partial charge on any atom is 0.259 e. The molecule has 0 radical (unpaired) electrons. The van der Waals surface area contributed by atoms with E-state index < -0.39 is 5.82 Å². The number of thiazole rings is 1. The van der Waals surface area contributed by atoms with Gasteiger partial charge in [-0.15, -0.1) is 21.5 Å². The molecule has 0 saturated heterocycles. The first-order chi connectivity index (χ1) is 13.5. The molecule has 1 aromatic carbocycles. The van der Waals surface area contributed by atoms with E-state index in [-0.39, 0.29) is 18.4 Å². The quantitative estimate of drug-likeness (QED) is 0.630. The highest BCUT2D eigenvalue weighted by atomic mass is 32.1. The topological polar surface area (TPSA) is 97.3 Å². The van der Waals surface area contributed by atoms with Crippen LogP contribution in [0.3, 0.4) is 0 Å². The van der Waals surface area contributed by atoms with Gasteiger partial charge in [-0.3, -0.25) is 19.8 Å². The predicted octanol–water partition coefficient (Wildman–Crippen LogP) is 3.05. The Morgan fingerprint density at radius 3 is 2.71 bits per heavy atom. The fourth-order valence-corrected chi connectivity index (χ4v) is 3.69. The van der Waals surface area contributed by atoms with Gasteiger partial charge in [0.1, 0.15) is 18.1 Å². The zero-order valence-corrected chi connectivity index (χ0v) is 16.6. The highest BCUT2D eigenvalue weighted by Gasteiger charge is 2.19. The van der Waals surface area contributed by atoms with E-state index in [0.717, 1.165) is 0 Å². The predicted molar refractivity (Wildman–Crippen MR) is 105 cm³/mol. The van der Waals surface area contributed by atoms with Crippen molar-refractivity contribution in [3.05, 3.63) is 41.0 Å². The van der Waals surface area contributed by atoms with E-state index >= 15 is 0 Å². The van der Waals surface area contributed by atoms with Crippen LogP contribution >= 0.6 is 22.7 Å². The maximum absolute atomic E-state index is 13.0. The first-order valence-corrected chi connectivity index (χ1v) is 9.88. The van der Waals surface area contributed by atoms with Crippen LogP contribution in [0.1, 0.15) is 17.3 Å². The second-order valence-corrected chi connectivity index (χ2v) is 7.30. The van der Waals surface area contributed by atoms with E-state index in [1.54, 1.807) is 19.4 Å². The number of rotatable bonds is 7. The van der Waals surface area contributed by atoms with Crippen molar-refractivity contribution >= 4 is 44.8 Å². The number of nitrogens with one attached hydrogen (secondary N) is 1. The molecule has 0 spiro atoms. The molecule has 0 unspecified atom stereocenters. The summed E-state index contributed by atoms with van der Waals surface area (Å²) >= 11 is 2.43. The van der Waals surface area contributed by atoms with Crippen LogP contribution in [0.5, 0.6) is 0 Å². The van der Waals surface area contributed by atoms with Gasteiger partial charge in [-0.2, -0.15) is 0 Å². The van der Waals surface area contributed by atoms with Crippen molar-refractivity contribution in [1.82, 2.24) is 15.2 Å². The molecule has 0 saturated carbocycles. The number of amides is 2. The molecule has 0 atom stereocenters. The molecule has 2 amide bonds. The summed E-state index contributed by atoms with van der Waals surface area (Å²) in [6, 6.07) is 5.31. The van der Waals surface area contributed by atoms with Crippen molar-refractivity contribution in [2.45, 2.75) is 6.92 Å². The Balaban J connectivity index is 1.69. The number of carbonyl (C=O) groups excluding carboxylic acids is 2. The van der Waals surface area contributed by atoms with Gasteiger partial charge in [0.25, 0.3) is 11.8 Å². The second-order valence-electron chi connectivity index (χ2n) is 5.48. The Morgan fingerprint density at radius 2 is 2.00 bits per heavy atom.